The zero-order valence-corrected chi connectivity index (χ0v) is 25.9. The third kappa shape index (κ3) is 6.50. The first-order chi connectivity index (χ1) is 21.2. The molecular formula is C33H39NO11. The Morgan fingerprint density at radius 3 is 2.44 bits per heavy atom. The van der Waals surface area contributed by atoms with E-state index in [9.17, 15) is 33.9 Å². The van der Waals surface area contributed by atoms with Crippen LogP contribution in [0, 0.1) is 22.7 Å². The maximum absolute atomic E-state index is 13.8. The molecule has 1 aromatic carbocycles. The highest BCUT2D eigenvalue weighted by Crippen LogP contribution is 2.62. The number of carboxylic acids is 1. The number of aromatic carboxylic acids is 1. The number of fused-ring (bicyclic) bond motifs is 1. The highest BCUT2D eigenvalue weighted by Gasteiger charge is 2.62. The van der Waals surface area contributed by atoms with Crippen molar-refractivity contribution in [3.05, 3.63) is 59.2 Å². The number of esters is 4. The number of carbonyl (C=O) groups is 6. The summed E-state index contributed by atoms with van der Waals surface area (Å²) in [5.74, 6) is -4.86. The molecule has 1 heterocycles. The lowest BCUT2D eigenvalue weighted by Crippen LogP contribution is -2.62. The van der Waals surface area contributed by atoms with Gasteiger partial charge in [-0.2, -0.15) is 0 Å². The monoisotopic (exact) mass is 625 g/mol. The number of hydrogen-bond donors (Lipinski definition) is 2. The fourth-order valence-corrected chi connectivity index (χ4v) is 7.43. The molecule has 4 rings (SSSR count). The van der Waals surface area contributed by atoms with Gasteiger partial charge in [0.2, 0.25) is 5.91 Å². The first-order valence-corrected chi connectivity index (χ1v) is 14.8. The number of methoxy groups -OCH3 is 1. The molecule has 0 spiro atoms. The largest absolute Gasteiger partial charge is 0.478 e. The molecule has 1 amide bonds. The quantitative estimate of drug-likeness (QED) is 0.178. The van der Waals surface area contributed by atoms with Gasteiger partial charge in [0.1, 0.15) is 19.3 Å². The Hall–Kier alpha value is -4.48. The maximum atomic E-state index is 13.8. The number of amides is 1. The van der Waals surface area contributed by atoms with Crippen LogP contribution in [0.4, 0.5) is 0 Å². The molecule has 12 heteroatoms. The Balaban J connectivity index is 1.61. The summed E-state index contributed by atoms with van der Waals surface area (Å²) in [6.45, 7) is 8.91. The van der Waals surface area contributed by atoms with Crippen molar-refractivity contribution >= 4 is 35.8 Å². The van der Waals surface area contributed by atoms with Crippen LogP contribution in [0.25, 0.3) is 0 Å². The summed E-state index contributed by atoms with van der Waals surface area (Å²) in [5.41, 5.74) is -0.991. The number of rotatable bonds is 9. The zero-order valence-electron chi connectivity index (χ0n) is 25.9. The molecule has 0 bridgehead atoms. The first kappa shape index (κ1) is 33.4. The van der Waals surface area contributed by atoms with Crippen molar-refractivity contribution in [3.63, 3.8) is 0 Å². The molecule has 3 aliphatic rings. The van der Waals surface area contributed by atoms with Crippen molar-refractivity contribution < 1.29 is 52.8 Å². The summed E-state index contributed by atoms with van der Waals surface area (Å²) in [6.07, 6.45) is 2.39. The van der Waals surface area contributed by atoms with Gasteiger partial charge >= 0.3 is 29.8 Å². The molecule has 1 aromatic rings. The lowest BCUT2D eigenvalue weighted by atomic mass is 9.45. The van der Waals surface area contributed by atoms with E-state index in [1.807, 2.05) is 0 Å². The highest BCUT2D eigenvalue weighted by molar-refractivity contribution is 6.03. The molecule has 45 heavy (non-hydrogen) atoms. The van der Waals surface area contributed by atoms with Gasteiger partial charge in [-0.25, -0.2) is 14.4 Å². The van der Waals surface area contributed by atoms with Crippen LogP contribution >= 0.6 is 0 Å². The van der Waals surface area contributed by atoms with E-state index < -0.39 is 58.8 Å². The Labute approximate surface area is 261 Å². The van der Waals surface area contributed by atoms with Crippen molar-refractivity contribution in [3.8, 4) is 0 Å². The van der Waals surface area contributed by atoms with Gasteiger partial charge in [0.15, 0.2) is 6.10 Å². The zero-order chi connectivity index (χ0) is 33.1. The van der Waals surface area contributed by atoms with Gasteiger partial charge < -0.3 is 29.4 Å². The predicted molar refractivity (Wildman–Crippen MR) is 158 cm³/mol. The second kappa shape index (κ2) is 13.3. The van der Waals surface area contributed by atoms with Crippen LogP contribution in [0.5, 0.6) is 0 Å². The average Bonchev–Trinajstić information content (AvgIpc) is 3.34. The summed E-state index contributed by atoms with van der Waals surface area (Å²) in [6, 6.07) is 5.63. The molecule has 1 saturated heterocycles. The lowest BCUT2D eigenvalue weighted by Gasteiger charge is -2.59. The van der Waals surface area contributed by atoms with E-state index in [2.05, 4.69) is 23.6 Å². The van der Waals surface area contributed by atoms with E-state index in [1.165, 1.54) is 38.3 Å². The Morgan fingerprint density at radius 1 is 1.11 bits per heavy atom. The fraction of sp³-hybridized carbons (Fsp3) is 0.515. The molecule has 2 N–H and O–H groups in total. The smallest absolute Gasteiger partial charge is 0.339 e. The Bertz CT molecular complexity index is 1450. The van der Waals surface area contributed by atoms with E-state index in [1.54, 1.807) is 13.0 Å². The Morgan fingerprint density at radius 2 is 1.80 bits per heavy atom. The molecule has 3 fully saturated rings. The van der Waals surface area contributed by atoms with Crippen molar-refractivity contribution in [2.45, 2.75) is 65.1 Å². The Kier molecular flexibility index (Phi) is 9.84. The van der Waals surface area contributed by atoms with Gasteiger partial charge in [0, 0.05) is 6.92 Å². The molecule has 0 radical (unpaired) electrons. The molecular weight excluding hydrogens is 586 g/mol. The molecule has 2 saturated carbocycles. The number of allylic oxidation sites excluding steroid dienone is 2. The van der Waals surface area contributed by atoms with E-state index in [0.29, 0.717) is 32.1 Å². The molecule has 0 aromatic heterocycles. The minimum atomic E-state index is -1.29. The summed E-state index contributed by atoms with van der Waals surface area (Å²) >= 11 is 0. The number of cyclic esters (lactones) is 1. The predicted octanol–water partition coefficient (Wildman–Crippen LogP) is 3.39. The van der Waals surface area contributed by atoms with Gasteiger partial charge in [-0.1, -0.05) is 37.3 Å². The lowest BCUT2D eigenvalue weighted by molar-refractivity contribution is -0.184. The van der Waals surface area contributed by atoms with Crippen molar-refractivity contribution in [2.75, 3.05) is 20.3 Å². The second-order valence-electron chi connectivity index (χ2n) is 12.2. The number of carbonyl (C=O) groups excluding carboxylic acids is 5. The van der Waals surface area contributed by atoms with Crippen LogP contribution < -0.4 is 5.32 Å². The second-order valence-corrected chi connectivity index (χ2v) is 12.2. The van der Waals surface area contributed by atoms with Crippen LogP contribution in [0.2, 0.25) is 0 Å². The fourth-order valence-electron chi connectivity index (χ4n) is 7.43. The topological polar surface area (TPSA) is 172 Å². The van der Waals surface area contributed by atoms with Crippen molar-refractivity contribution in [1.29, 1.82) is 0 Å². The van der Waals surface area contributed by atoms with Crippen LogP contribution in [0.3, 0.4) is 0 Å². The van der Waals surface area contributed by atoms with Crippen molar-refractivity contribution in [1.82, 2.24) is 5.32 Å². The van der Waals surface area contributed by atoms with Crippen molar-refractivity contribution in [2.24, 2.45) is 22.7 Å². The number of ether oxygens (including phenoxy) is 4. The SMILES string of the molecule is C=C1CC[C@H]2[C@@](C)(CC[C@@H](OC(C)=O)[C@@]2(C)C(=O)NCC(=O)OC)[C@@H]1C/C=C1/C(=O)OC[C@H]1OC(=O)c1ccccc1C(=O)O. The number of benzene rings is 1. The number of carboxylic acid groups (broad SMARTS) is 1. The van der Waals surface area contributed by atoms with Gasteiger partial charge in [-0.3, -0.25) is 14.4 Å². The molecule has 0 unspecified atom stereocenters. The van der Waals surface area contributed by atoms with Gasteiger partial charge in [0.25, 0.3) is 0 Å². The molecule has 2 aliphatic carbocycles. The van der Waals surface area contributed by atoms with Gasteiger partial charge in [0.05, 0.1) is 29.2 Å². The minimum absolute atomic E-state index is 0.141. The van der Waals surface area contributed by atoms with E-state index in [-0.39, 0.29) is 41.7 Å². The minimum Gasteiger partial charge on any atom is -0.478 e. The third-order valence-corrected chi connectivity index (χ3v) is 9.74. The highest BCUT2D eigenvalue weighted by atomic mass is 16.6. The van der Waals surface area contributed by atoms with Crippen LogP contribution in [-0.4, -0.2) is 73.3 Å². The van der Waals surface area contributed by atoms with Crippen LogP contribution in [0.1, 0.15) is 73.6 Å². The third-order valence-electron chi connectivity index (χ3n) is 9.74. The summed E-state index contributed by atoms with van der Waals surface area (Å²) in [5, 5.41) is 12.1. The van der Waals surface area contributed by atoms with E-state index in [4.69, 9.17) is 14.2 Å². The first-order valence-electron chi connectivity index (χ1n) is 14.8. The maximum Gasteiger partial charge on any atom is 0.339 e. The number of hydrogen-bond acceptors (Lipinski definition) is 10. The van der Waals surface area contributed by atoms with Crippen LogP contribution in [0.15, 0.2) is 48.1 Å². The van der Waals surface area contributed by atoms with Crippen LogP contribution in [-0.2, 0) is 38.1 Å². The standard InChI is InChI=1S/C33H39NO11/c1-18-10-13-25-32(3,15-14-26(44-19(2)35)33(25,4)31(41)34-16-27(36)42-5)23(18)12-11-22-24(17-43-29(22)39)45-30(40)21-9-7-6-8-20(21)28(37)38/h6-9,11,23-26H,1,10,12-17H2,2-5H3,(H,34,41)(H,37,38)/b22-11+/t23-,24-,25+,26-,32+,33+/m1/s1. The summed E-state index contributed by atoms with van der Waals surface area (Å²) in [7, 11) is 1.22. The normalized spacial score (nSPS) is 30.1. The average molecular weight is 626 g/mol. The molecule has 6 atom stereocenters. The van der Waals surface area contributed by atoms with Gasteiger partial charge in [-0.05, 0) is 68.4 Å². The molecule has 12 nitrogen and oxygen atoms in total. The molecule has 242 valence electrons. The van der Waals surface area contributed by atoms with Gasteiger partial charge in [-0.15, -0.1) is 0 Å². The molecule has 1 aliphatic heterocycles. The summed E-state index contributed by atoms with van der Waals surface area (Å²) < 4.78 is 21.1. The number of nitrogens with one attached hydrogen (secondary N) is 1. The van der Waals surface area contributed by atoms with E-state index in [0.717, 1.165) is 5.57 Å². The summed E-state index contributed by atoms with van der Waals surface area (Å²) in [4.78, 5) is 74.9. The van der Waals surface area contributed by atoms with E-state index >= 15 is 0 Å².